The molecule has 90 valence electrons. The highest BCUT2D eigenvalue weighted by Crippen LogP contribution is 2.17. The molecule has 0 bridgehead atoms. The van der Waals surface area contributed by atoms with Gasteiger partial charge >= 0.3 is 0 Å². The van der Waals surface area contributed by atoms with E-state index in [2.05, 4.69) is 4.98 Å². The Morgan fingerprint density at radius 1 is 1.41 bits per heavy atom. The van der Waals surface area contributed by atoms with E-state index >= 15 is 0 Å². The molecule has 0 fully saturated rings. The second kappa shape index (κ2) is 5.51. The summed E-state index contributed by atoms with van der Waals surface area (Å²) < 4.78 is 25.4. The van der Waals surface area contributed by atoms with Crippen LogP contribution in [0.2, 0.25) is 0 Å². The van der Waals surface area contributed by atoms with Gasteiger partial charge in [0.2, 0.25) is 0 Å². The van der Waals surface area contributed by atoms with Gasteiger partial charge in [-0.25, -0.2) is 9.37 Å². The minimum Gasteiger partial charge on any atom is -0.254 e. The lowest BCUT2D eigenvalue weighted by Crippen LogP contribution is -1.99. The van der Waals surface area contributed by atoms with Crippen LogP contribution in [0, 0.1) is 5.82 Å². The summed E-state index contributed by atoms with van der Waals surface area (Å²) in [6, 6.07) is 6.16. The molecule has 0 aliphatic heterocycles. The normalized spacial score (nSPS) is 12.6. The van der Waals surface area contributed by atoms with Crippen molar-refractivity contribution >= 4 is 22.1 Å². The lowest BCUT2D eigenvalue weighted by atomic mass is 10.3. The van der Waals surface area contributed by atoms with Crippen molar-refractivity contribution in [2.24, 2.45) is 0 Å². The first-order valence-electron chi connectivity index (χ1n) is 5.27. The lowest BCUT2D eigenvalue weighted by molar-refractivity contribution is 0.595. The molecule has 0 radical (unpaired) electrons. The minimum absolute atomic E-state index is 0.249. The van der Waals surface area contributed by atoms with E-state index in [1.165, 1.54) is 6.07 Å². The summed E-state index contributed by atoms with van der Waals surface area (Å²) in [5.41, 5.74) is 0.772. The van der Waals surface area contributed by atoms with Crippen molar-refractivity contribution in [3.05, 3.63) is 46.2 Å². The molecule has 1 atom stereocenters. The molecule has 0 saturated carbocycles. The van der Waals surface area contributed by atoms with Gasteiger partial charge in [0.1, 0.15) is 5.82 Å². The Morgan fingerprint density at radius 2 is 2.18 bits per heavy atom. The summed E-state index contributed by atoms with van der Waals surface area (Å²) in [6.07, 6.45) is 0.872. The van der Waals surface area contributed by atoms with E-state index in [1.807, 2.05) is 12.3 Å². The SMILES string of the molecule is CCc1nc(CS(=O)c2ccccc2F)cs1. The molecule has 1 unspecified atom stereocenters. The van der Waals surface area contributed by atoms with Gasteiger partial charge in [0.15, 0.2) is 0 Å². The Kier molecular flexibility index (Phi) is 4.02. The fourth-order valence-electron chi connectivity index (χ4n) is 1.42. The molecule has 0 spiro atoms. The van der Waals surface area contributed by atoms with Gasteiger partial charge < -0.3 is 0 Å². The molecule has 0 saturated heterocycles. The van der Waals surface area contributed by atoms with Crippen molar-refractivity contribution in [1.29, 1.82) is 0 Å². The number of aromatic nitrogens is 1. The fraction of sp³-hybridized carbons (Fsp3) is 0.250. The maximum atomic E-state index is 13.4. The van der Waals surface area contributed by atoms with E-state index in [-0.39, 0.29) is 10.6 Å². The lowest BCUT2D eigenvalue weighted by Gasteiger charge is -2.01. The second-order valence-electron chi connectivity index (χ2n) is 3.51. The fourth-order valence-corrected chi connectivity index (χ4v) is 3.36. The summed E-state index contributed by atoms with van der Waals surface area (Å²) >= 11 is 1.55. The van der Waals surface area contributed by atoms with Crippen molar-refractivity contribution in [3.8, 4) is 0 Å². The number of halogens is 1. The van der Waals surface area contributed by atoms with Gasteiger partial charge in [0.05, 0.1) is 32.1 Å². The Labute approximate surface area is 106 Å². The molecule has 0 aliphatic rings. The molecular weight excluding hydrogens is 257 g/mol. The van der Waals surface area contributed by atoms with E-state index in [0.29, 0.717) is 0 Å². The number of hydrogen-bond donors (Lipinski definition) is 0. The largest absolute Gasteiger partial charge is 0.254 e. The van der Waals surface area contributed by atoms with E-state index < -0.39 is 16.6 Å². The summed E-state index contributed by atoms with van der Waals surface area (Å²) in [4.78, 5) is 4.58. The van der Waals surface area contributed by atoms with E-state index in [1.54, 1.807) is 29.5 Å². The number of rotatable bonds is 4. The van der Waals surface area contributed by atoms with Gasteiger partial charge in [-0.2, -0.15) is 0 Å². The quantitative estimate of drug-likeness (QED) is 0.853. The van der Waals surface area contributed by atoms with Crippen molar-refractivity contribution in [2.75, 3.05) is 0 Å². The average molecular weight is 269 g/mol. The number of benzene rings is 1. The number of thiazole rings is 1. The van der Waals surface area contributed by atoms with E-state index in [0.717, 1.165) is 17.1 Å². The van der Waals surface area contributed by atoms with Crippen LogP contribution in [0.4, 0.5) is 4.39 Å². The van der Waals surface area contributed by atoms with Crippen LogP contribution in [-0.4, -0.2) is 9.19 Å². The molecule has 1 aromatic heterocycles. The zero-order valence-corrected chi connectivity index (χ0v) is 11.0. The molecule has 1 heterocycles. The first kappa shape index (κ1) is 12.4. The molecule has 2 rings (SSSR count). The van der Waals surface area contributed by atoms with Crippen molar-refractivity contribution in [1.82, 2.24) is 4.98 Å². The number of nitrogens with zero attached hydrogens (tertiary/aromatic N) is 1. The minimum atomic E-state index is -1.37. The molecule has 1 aromatic carbocycles. The summed E-state index contributed by atoms with van der Waals surface area (Å²) in [6.45, 7) is 2.02. The van der Waals surface area contributed by atoms with Gasteiger partial charge in [0, 0.05) is 5.38 Å². The highest BCUT2D eigenvalue weighted by atomic mass is 32.2. The maximum Gasteiger partial charge on any atom is 0.139 e. The molecule has 17 heavy (non-hydrogen) atoms. The average Bonchev–Trinajstić information content (AvgIpc) is 2.77. The molecule has 2 aromatic rings. The Balaban J connectivity index is 2.14. The number of aryl methyl sites for hydroxylation is 1. The van der Waals surface area contributed by atoms with Crippen LogP contribution in [-0.2, 0) is 23.0 Å². The van der Waals surface area contributed by atoms with Gasteiger partial charge in [-0.05, 0) is 18.6 Å². The predicted molar refractivity (Wildman–Crippen MR) is 68.0 cm³/mol. The zero-order chi connectivity index (χ0) is 12.3. The predicted octanol–water partition coefficient (Wildman–Crippen LogP) is 3.15. The molecule has 0 amide bonds. The van der Waals surface area contributed by atoms with Crippen LogP contribution in [0.15, 0.2) is 34.5 Å². The second-order valence-corrected chi connectivity index (χ2v) is 5.87. The molecule has 5 heteroatoms. The van der Waals surface area contributed by atoms with Crippen LogP contribution in [0.25, 0.3) is 0 Å². The third kappa shape index (κ3) is 2.98. The van der Waals surface area contributed by atoms with Gasteiger partial charge in [0.25, 0.3) is 0 Å². The van der Waals surface area contributed by atoms with E-state index in [9.17, 15) is 8.60 Å². The standard InChI is InChI=1S/C12H12FNOS2/c1-2-12-14-9(7-16-12)8-17(15)11-6-4-3-5-10(11)13/h3-7H,2,8H2,1H3. The highest BCUT2D eigenvalue weighted by molar-refractivity contribution is 7.84. The van der Waals surface area contributed by atoms with Gasteiger partial charge in [-0.1, -0.05) is 19.1 Å². The zero-order valence-electron chi connectivity index (χ0n) is 9.35. The summed E-state index contributed by atoms with van der Waals surface area (Å²) in [7, 11) is -1.37. The summed E-state index contributed by atoms with van der Waals surface area (Å²) in [5, 5.41) is 2.91. The Bertz CT molecular complexity index is 539. The van der Waals surface area contributed by atoms with Gasteiger partial charge in [-0.3, -0.25) is 4.21 Å². The molecule has 2 nitrogen and oxygen atoms in total. The van der Waals surface area contributed by atoms with Crippen molar-refractivity contribution in [3.63, 3.8) is 0 Å². The van der Waals surface area contributed by atoms with Crippen molar-refractivity contribution in [2.45, 2.75) is 24.0 Å². The molecule has 0 aliphatic carbocycles. The maximum absolute atomic E-state index is 13.4. The smallest absolute Gasteiger partial charge is 0.139 e. The van der Waals surface area contributed by atoms with Crippen LogP contribution < -0.4 is 0 Å². The first-order valence-corrected chi connectivity index (χ1v) is 7.46. The molecule has 0 N–H and O–H groups in total. The van der Waals surface area contributed by atoms with Crippen LogP contribution in [0.5, 0.6) is 0 Å². The summed E-state index contributed by atoms with van der Waals surface area (Å²) in [5.74, 6) is -0.144. The Hall–Kier alpha value is -1.07. The monoisotopic (exact) mass is 269 g/mol. The van der Waals surface area contributed by atoms with E-state index in [4.69, 9.17) is 0 Å². The third-order valence-electron chi connectivity index (χ3n) is 2.26. The van der Waals surface area contributed by atoms with Crippen molar-refractivity contribution < 1.29 is 8.60 Å². The molecular formula is C12H12FNOS2. The number of hydrogen-bond acceptors (Lipinski definition) is 3. The van der Waals surface area contributed by atoms with Crippen LogP contribution in [0.3, 0.4) is 0 Å². The van der Waals surface area contributed by atoms with Gasteiger partial charge in [-0.15, -0.1) is 11.3 Å². The van der Waals surface area contributed by atoms with Crippen LogP contribution >= 0.6 is 11.3 Å². The third-order valence-corrected chi connectivity index (χ3v) is 4.68. The topological polar surface area (TPSA) is 30.0 Å². The first-order chi connectivity index (χ1) is 8.20. The van der Waals surface area contributed by atoms with Crippen LogP contribution in [0.1, 0.15) is 17.6 Å². The highest BCUT2D eigenvalue weighted by Gasteiger charge is 2.11. The Morgan fingerprint density at radius 3 is 2.82 bits per heavy atom.